The molecule has 0 aliphatic heterocycles. The Kier molecular flexibility index (Phi) is 3.38. The average Bonchev–Trinajstić information content (AvgIpc) is 2.86. The molecule has 2 atom stereocenters. The van der Waals surface area contributed by atoms with Crippen molar-refractivity contribution in [3.63, 3.8) is 0 Å². The van der Waals surface area contributed by atoms with Gasteiger partial charge < -0.3 is 15.5 Å². The highest BCUT2D eigenvalue weighted by molar-refractivity contribution is 5.71. The molecule has 1 fully saturated rings. The van der Waals surface area contributed by atoms with Crippen LogP contribution in [0.4, 0.5) is 0 Å². The molecule has 3 rings (SSSR count). The van der Waals surface area contributed by atoms with Gasteiger partial charge in [-0.15, -0.1) is 0 Å². The first-order valence-corrected chi connectivity index (χ1v) is 7.39. The minimum atomic E-state index is -0.0786. The van der Waals surface area contributed by atoms with Gasteiger partial charge in [0.1, 0.15) is 5.82 Å². The lowest BCUT2D eigenvalue weighted by Crippen LogP contribution is -2.46. The molecule has 0 bridgehead atoms. The van der Waals surface area contributed by atoms with E-state index in [9.17, 15) is 0 Å². The Morgan fingerprint density at radius 3 is 3.00 bits per heavy atom. The lowest BCUT2D eigenvalue weighted by atomic mass is 9.71. The van der Waals surface area contributed by atoms with Crippen LogP contribution in [0, 0.1) is 0 Å². The van der Waals surface area contributed by atoms with E-state index in [1.54, 1.807) is 0 Å². The van der Waals surface area contributed by atoms with Gasteiger partial charge in [0.05, 0.1) is 12.1 Å². The van der Waals surface area contributed by atoms with Crippen molar-refractivity contribution < 1.29 is 4.74 Å². The van der Waals surface area contributed by atoms with E-state index in [4.69, 9.17) is 10.5 Å². The van der Waals surface area contributed by atoms with Gasteiger partial charge in [0.15, 0.2) is 5.65 Å². The smallest absolute Gasteiger partial charge is 0.215 e. The average molecular weight is 274 g/mol. The molecule has 2 heterocycles. The molecule has 108 valence electrons. The molecular formula is C15H22N4O. The van der Waals surface area contributed by atoms with Crippen molar-refractivity contribution in [2.45, 2.75) is 51.0 Å². The highest BCUT2D eigenvalue weighted by Gasteiger charge is 2.38. The Morgan fingerprint density at radius 2 is 2.25 bits per heavy atom. The fourth-order valence-electron chi connectivity index (χ4n) is 3.03. The molecule has 2 unspecified atom stereocenters. The van der Waals surface area contributed by atoms with Crippen LogP contribution >= 0.6 is 0 Å². The lowest BCUT2D eigenvalue weighted by molar-refractivity contribution is 0.260. The van der Waals surface area contributed by atoms with Crippen molar-refractivity contribution in [1.29, 1.82) is 0 Å². The number of nitrogens with zero attached hydrogens (tertiary/aromatic N) is 2. The van der Waals surface area contributed by atoms with Gasteiger partial charge in [0, 0.05) is 17.5 Å². The summed E-state index contributed by atoms with van der Waals surface area (Å²) in [5.41, 5.74) is 7.92. The number of H-pyrrole nitrogens is 1. The Labute approximate surface area is 118 Å². The molecule has 2 aromatic heterocycles. The number of aromatic amines is 1. The summed E-state index contributed by atoms with van der Waals surface area (Å²) in [6.45, 7) is 4.76. The van der Waals surface area contributed by atoms with E-state index in [-0.39, 0.29) is 11.5 Å². The molecule has 1 saturated carbocycles. The molecule has 0 spiro atoms. The molecule has 20 heavy (non-hydrogen) atoms. The Balaban J connectivity index is 1.99. The molecule has 0 aromatic carbocycles. The topological polar surface area (TPSA) is 76.8 Å². The second-order valence-corrected chi connectivity index (χ2v) is 5.81. The van der Waals surface area contributed by atoms with Gasteiger partial charge >= 0.3 is 0 Å². The number of pyridine rings is 1. The van der Waals surface area contributed by atoms with Crippen LogP contribution in [-0.2, 0) is 5.41 Å². The first-order chi connectivity index (χ1) is 9.63. The monoisotopic (exact) mass is 274 g/mol. The number of hydrogen-bond acceptors (Lipinski definition) is 4. The molecule has 1 aliphatic rings. The number of hydrogen-bond donors (Lipinski definition) is 2. The maximum Gasteiger partial charge on any atom is 0.215 e. The molecule has 0 saturated heterocycles. The van der Waals surface area contributed by atoms with Gasteiger partial charge in [-0.05, 0) is 25.8 Å². The zero-order chi connectivity index (χ0) is 14.2. The third kappa shape index (κ3) is 2.16. The van der Waals surface area contributed by atoms with Crippen LogP contribution in [0.25, 0.3) is 11.2 Å². The van der Waals surface area contributed by atoms with E-state index in [1.807, 2.05) is 19.1 Å². The Hall–Kier alpha value is -1.62. The Morgan fingerprint density at radius 1 is 1.40 bits per heavy atom. The van der Waals surface area contributed by atoms with Crippen molar-refractivity contribution in [3.8, 4) is 5.88 Å². The summed E-state index contributed by atoms with van der Waals surface area (Å²) in [5.74, 6) is 1.58. The van der Waals surface area contributed by atoms with Crippen molar-refractivity contribution in [2.24, 2.45) is 5.73 Å². The van der Waals surface area contributed by atoms with Crippen molar-refractivity contribution in [2.75, 3.05) is 6.61 Å². The molecule has 2 aromatic rings. The first-order valence-electron chi connectivity index (χ1n) is 7.39. The number of ether oxygens (including phenoxy) is 1. The van der Waals surface area contributed by atoms with Crippen molar-refractivity contribution >= 4 is 11.2 Å². The maximum absolute atomic E-state index is 6.34. The van der Waals surface area contributed by atoms with E-state index in [0.29, 0.717) is 18.1 Å². The summed E-state index contributed by atoms with van der Waals surface area (Å²) < 4.78 is 5.43. The standard InChI is InChI=1S/C15H22N4O/c1-3-20-12-8-7-10-13(18-12)19-14(17-10)15(2)9-5-4-6-11(15)16/h7-8,11H,3-6,9,16H2,1-2H3,(H,17,18,19). The zero-order valence-corrected chi connectivity index (χ0v) is 12.1. The van der Waals surface area contributed by atoms with Crippen LogP contribution in [0.2, 0.25) is 0 Å². The SMILES string of the molecule is CCOc1ccc2[nH]c(C3(C)CCCCC3N)nc2n1. The number of imidazole rings is 1. The summed E-state index contributed by atoms with van der Waals surface area (Å²) in [7, 11) is 0. The van der Waals surface area contributed by atoms with Gasteiger partial charge in [-0.1, -0.05) is 19.8 Å². The quantitative estimate of drug-likeness (QED) is 0.901. The Bertz CT molecular complexity index is 609. The van der Waals surface area contributed by atoms with E-state index in [1.165, 1.54) is 12.8 Å². The van der Waals surface area contributed by atoms with Crippen LogP contribution in [0.5, 0.6) is 5.88 Å². The molecule has 3 N–H and O–H groups in total. The minimum absolute atomic E-state index is 0.0786. The number of aromatic nitrogens is 3. The number of fused-ring (bicyclic) bond motifs is 1. The second kappa shape index (κ2) is 5.05. The fraction of sp³-hybridized carbons (Fsp3) is 0.600. The van der Waals surface area contributed by atoms with Gasteiger partial charge in [-0.3, -0.25) is 0 Å². The predicted molar refractivity (Wildman–Crippen MR) is 78.9 cm³/mol. The predicted octanol–water partition coefficient (Wildman–Crippen LogP) is 2.52. The van der Waals surface area contributed by atoms with E-state index in [0.717, 1.165) is 24.2 Å². The van der Waals surface area contributed by atoms with Crippen LogP contribution in [0.1, 0.15) is 45.4 Å². The summed E-state index contributed by atoms with van der Waals surface area (Å²) in [4.78, 5) is 12.5. The molecular weight excluding hydrogens is 252 g/mol. The zero-order valence-electron chi connectivity index (χ0n) is 12.1. The lowest BCUT2D eigenvalue weighted by Gasteiger charge is -2.37. The normalized spacial score (nSPS) is 26.9. The molecule has 0 amide bonds. The third-order valence-electron chi connectivity index (χ3n) is 4.43. The fourth-order valence-corrected chi connectivity index (χ4v) is 3.03. The van der Waals surface area contributed by atoms with Gasteiger partial charge in [-0.25, -0.2) is 4.98 Å². The molecule has 5 nitrogen and oxygen atoms in total. The van der Waals surface area contributed by atoms with E-state index < -0.39 is 0 Å². The van der Waals surface area contributed by atoms with E-state index in [2.05, 4.69) is 21.9 Å². The van der Waals surface area contributed by atoms with Crippen LogP contribution in [-0.4, -0.2) is 27.6 Å². The largest absolute Gasteiger partial charge is 0.478 e. The summed E-state index contributed by atoms with van der Waals surface area (Å²) in [6.07, 6.45) is 4.56. The van der Waals surface area contributed by atoms with Crippen LogP contribution in [0.3, 0.4) is 0 Å². The summed E-state index contributed by atoms with van der Waals surface area (Å²) in [5, 5.41) is 0. The first kappa shape index (κ1) is 13.4. The van der Waals surface area contributed by atoms with Gasteiger partial charge in [0.2, 0.25) is 5.88 Å². The summed E-state index contributed by atoms with van der Waals surface area (Å²) >= 11 is 0. The summed E-state index contributed by atoms with van der Waals surface area (Å²) in [6, 6.07) is 4.00. The molecule has 1 aliphatic carbocycles. The molecule has 5 heteroatoms. The molecule has 0 radical (unpaired) electrons. The maximum atomic E-state index is 6.34. The van der Waals surface area contributed by atoms with Crippen molar-refractivity contribution in [1.82, 2.24) is 15.0 Å². The third-order valence-corrected chi connectivity index (χ3v) is 4.43. The number of nitrogens with one attached hydrogen (secondary N) is 1. The second-order valence-electron chi connectivity index (χ2n) is 5.81. The van der Waals surface area contributed by atoms with E-state index >= 15 is 0 Å². The minimum Gasteiger partial charge on any atom is -0.478 e. The van der Waals surface area contributed by atoms with Crippen LogP contribution in [0.15, 0.2) is 12.1 Å². The van der Waals surface area contributed by atoms with Gasteiger partial charge in [-0.2, -0.15) is 4.98 Å². The highest BCUT2D eigenvalue weighted by Crippen LogP contribution is 2.37. The highest BCUT2D eigenvalue weighted by atomic mass is 16.5. The van der Waals surface area contributed by atoms with Gasteiger partial charge in [0.25, 0.3) is 0 Å². The number of nitrogens with two attached hydrogens (primary N) is 1. The van der Waals surface area contributed by atoms with Crippen LogP contribution < -0.4 is 10.5 Å². The number of rotatable bonds is 3. The van der Waals surface area contributed by atoms with Crippen molar-refractivity contribution in [3.05, 3.63) is 18.0 Å².